The Balaban J connectivity index is 2.36. The second kappa shape index (κ2) is 5.93. The topological polar surface area (TPSA) is 61.0 Å². The number of aromatic nitrogens is 2. The minimum atomic E-state index is -0.128. The molecule has 0 fully saturated rings. The van der Waals surface area contributed by atoms with Crippen molar-refractivity contribution in [1.29, 1.82) is 0 Å². The van der Waals surface area contributed by atoms with Crippen LogP contribution in [-0.2, 0) is 5.41 Å². The molecule has 2 aromatic rings. The summed E-state index contributed by atoms with van der Waals surface area (Å²) in [6, 6.07) is 7.90. The molecule has 0 aliphatic rings. The molecule has 0 bridgehead atoms. The summed E-state index contributed by atoms with van der Waals surface area (Å²) in [4.78, 5) is 10.2. The molecule has 2 rings (SSSR count). The lowest BCUT2D eigenvalue weighted by Gasteiger charge is -2.19. The van der Waals surface area contributed by atoms with Crippen LogP contribution in [0.4, 0.5) is 5.82 Å². The summed E-state index contributed by atoms with van der Waals surface area (Å²) in [5.41, 5.74) is 6.83. The van der Waals surface area contributed by atoms with Gasteiger partial charge in [0, 0.05) is 15.9 Å². The molecule has 1 heterocycles. The van der Waals surface area contributed by atoms with Crippen molar-refractivity contribution in [2.75, 3.05) is 12.8 Å². The first-order valence-corrected chi connectivity index (χ1v) is 7.59. The zero-order valence-corrected chi connectivity index (χ0v) is 13.9. The van der Waals surface area contributed by atoms with Gasteiger partial charge in [-0.2, -0.15) is 0 Å². The van der Waals surface area contributed by atoms with Gasteiger partial charge in [0.1, 0.15) is 22.4 Å². The van der Waals surface area contributed by atoms with Crippen LogP contribution in [0.3, 0.4) is 0 Å². The number of nitrogens with two attached hydrogens (primary N) is 1. The number of benzene rings is 1. The smallest absolute Gasteiger partial charge is 0.137 e. The van der Waals surface area contributed by atoms with Crippen molar-refractivity contribution < 1.29 is 4.74 Å². The Kier molecular flexibility index (Phi) is 4.42. The third-order valence-corrected chi connectivity index (χ3v) is 4.18. The standard InChI is InChI=1S/C16H21N3OS/c1-10-13(17)18-15(16(2,3)4)19-14(10)21-12-8-6-11(20-5)7-9-12/h6-9H,1-5H3,(H2,17,18,19). The van der Waals surface area contributed by atoms with Crippen LogP contribution in [0.2, 0.25) is 0 Å². The van der Waals surface area contributed by atoms with Crippen LogP contribution < -0.4 is 10.5 Å². The van der Waals surface area contributed by atoms with Crippen LogP contribution in [0.25, 0.3) is 0 Å². The molecule has 0 atom stereocenters. The molecule has 1 aromatic heterocycles. The third kappa shape index (κ3) is 3.67. The summed E-state index contributed by atoms with van der Waals surface area (Å²) in [5.74, 6) is 2.15. The molecule has 0 spiro atoms. The van der Waals surface area contributed by atoms with E-state index in [9.17, 15) is 0 Å². The van der Waals surface area contributed by atoms with E-state index in [-0.39, 0.29) is 5.41 Å². The van der Waals surface area contributed by atoms with E-state index in [4.69, 9.17) is 10.5 Å². The predicted octanol–water partition coefficient (Wildman–Crippen LogP) is 3.82. The number of anilines is 1. The average Bonchev–Trinajstić information content (AvgIpc) is 2.43. The molecule has 1 aromatic carbocycles. The lowest BCUT2D eigenvalue weighted by atomic mass is 9.95. The summed E-state index contributed by atoms with van der Waals surface area (Å²) in [6.07, 6.45) is 0. The van der Waals surface area contributed by atoms with Gasteiger partial charge in [-0.15, -0.1) is 0 Å². The number of methoxy groups -OCH3 is 1. The number of hydrogen-bond donors (Lipinski definition) is 1. The van der Waals surface area contributed by atoms with Crippen molar-refractivity contribution in [3.8, 4) is 5.75 Å². The molecular formula is C16H21N3OS. The van der Waals surface area contributed by atoms with E-state index in [0.717, 1.165) is 27.1 Å². The predicted molar refractivity (Wildman–Crippen MR) is 87.0 cm³/mol. The Morgan fingerprint density at radius 3 is 2.24 bits per heavy atom. The van der Waals surface area contributed by atoms with E-state index < -0.39 is 0 Å². The highest BCUT2D eigenvalue weighted by Crippen LogP contribution is 2.33. The Hall–Kier alpha value is -1.75. The second-order valence-electron chi connectivity index (χ2n) is 5.89. The maximum absolute atomic E-state index is 6.03. The molecule has 0 saturated heterocycles. The number of hydrogen-bond acceptors (Lipinski definition) is 5. The van der Waals surface area contributed by atoms with Crippen LogP contribution in [0.1, 0.15) is 32.2 Å². The Labute approximate surface area is 130 Å². The highest BCUT2D eigenvalue weighted by molar-refractivity contribution is 7.99. The summed E-state index contributed by atoms with van der Waals surface area (Å²) in [6.45, 7) is 8.20. The normalized spacial score (nSPS) is 11.5. The monoisotopic (exact) mass is 303 g/mol. The van der Waals surface area contributed by atoms with E-state index >= 15 is 0 Å². The van der Waals surface area contributed by atoms with Gasteiger partial charge in [-0.25, -0.2) is 9.97 Å². The summed E-state index contributed by atoms with van der Waals surface area (Å²) < 4.78 is 5.17. The van der Waals surface area contributed by atoms with E-state index in [2.05, 4.69) is 30.7 Å². The van der Waals surface area contributed by atoms with E-state index in [1.54, 1.807) is 18.9 Å². The fourth-order valence-electron chi connectivity index (χ4n) is 1.70. The summed E-state index contributed by atoms with van der Waals surface area (Å²) in [5, 5.41) is 0.901. The highest BCUT2D eigenvalue weighted by atomic mass is 32.2. The van der Waals surface area contributed by atoms with Gasteiger partial charge < -0.3 is 10.5 Å². The largest absolute Gasteiger partial charge is 0.497 e. The molecule has 0 saturated carbocycles. The highest BCUT2D eigenvalue weighted by Gasteiger charge is 2.20. The molecule has 21 heavy (non-hydrogen) atoms. The number of nitrogens with zero attached hydrogens (tertiary/aromatic N) is 2. The number of rotatable bonds is 3. The molecular weight excluding hydrogens is 282 g/mol. The quantitative estimate of drug-likeness (QED) is 0.873. The maximum atomic E-state index is 6.03. The molecule has 112 valence electrons. The molecule has 0 radical (unpaired) electrons. The fraction of sp³-hybridized carbons (Fsp3) is 0.375. The van der Waals surface area contributed by atoms with Crippen LogP contribution >= 0.6 is 11.8 Å². The van der Waals surface area contributed by atoms with E-state index in [1.807, 2.05) is 31.2 Å². The molecule has 0 aliphatic carbocycles. The zero-order valence-electron chi connectivity index (χ0n) is 13.1. The van der Waals surface area contributed by atoms with Crippen LogP contribution in [0, 0.1) is 6.92 Å². The van der Waals surface area contributed by atoms with Gasteiger partial charge in [0.15, 0.2) is 0 Å². The minimum Gasteiger partial charge on any atom is -0.497 e. The Morgan fingerprint density at radius 2 is 1.71 bits per heavy atom. The first-order valence-electron chi connectivity index (χ1n) is 6.78. The van der Waals surface area contributed by atoms with Gasteiger partial charge >= 0.3 is 0 Å². The average molecular weight is 303 g/mol. The molecule has 5 heteroatoms. The second-order valence-corrected chi connectivity index (χ2v) is 6.95. The van der Waals surface area contributed by atoms with Crippen molar-refractivity contribution in [1.82, 2.24) is 9.97 Å². The van der Waals surface area contributed by atoms with Crippen molar-refractivity contribution in [2.45, 2.75) is 43.0 Å². The molecule has 4 nitrogen and oxygen atoms in total. The molecule has 0 unspecified atom stereocenters. The minimum absolute atomic E-state index is 0.128. The van der Waals surface area contributed by atoms with Crippen LogP contribution in [0.5, 0.6) is 5.75 Å². The number of nitrogen functional groups attached to an aromatic ring is 1. The van der Waals surface area contributed by atoms with Crippen molar-refractivity contribution >= 4 is 17.6 Å². The summed E-state index contributed by atoms with van der Waals surface area (Å²) in [7, 11) is 1.66. The first-order chi connectivity index (χ1) is 9.81. The van der Waals surface area contributed by atoms with E-state index in [0.29, 0.717) is 5.82 Å². The first kappa shape index (κ1) is 15.6. The number of ether oxygens (including phenoxy) is 1. The van der Waals surface area contributed by atoms with Gasteiger partial charge in [-0.05, 0) is 31.2 Å². The fourth-order valence-corrected chi connectivity index (χ4v) is 2.59. The van der Waals surface area contributed by atoms with Gasteiger partial charge in [0.05, 0.1) is 7.11 Å². The molecule has 0 amide bonds. The van der Waals surface area contributed by atoms with Crippen molar-refractivity contribution in [2.24, 2.45) is 0 Å². The van der Waals surface area contributed by atoms with Crippen molar-refractivity contribution in [3.63, 3.8) is 0 Å². The van der Waals surface area contributed by atoms with Crippen LogP contribution in [0.15, 0.2) is 34.2 Å². The van der Waals surface area contributed by atoms with Gasteiger partial charge in [-0.1, -0.05) is 32.5 Å². The van der Waals surface area contributed by atoms with Gasteiger partial charge in [-0.3, -0.25) is 0 Å². The van der Waals surface area contributed by atoms with E-state index in [1.165, 1.54) is 0 Å². The third-order valence-electron chi connectivity index (χ3n) is 3.08. The Morgan fingerprint density at radius 1 is 1.10 bits per heavy atom. The zero-order chi connectivity index (χ0) is 15.6. The van der Waals surface area contributed by atoms with Gasteiger partial charge in [0.2, 0.25) is 0 Å². The molecule has 0 aliphatic heterocycles. The van der Waals surface area contributed by atoms with Gasteiger partial charge in [0.25, 0.3) is 0 Å². The van der Waals surface area contributed by atoms with Crippen molar-refractivity contribution in [3.05, 3.63) is 35.7 Å². The lowest BCUT2D eigenvalue weighted by molar-refractivity contribution is 0.414. The molecule has 2 N–H and O–H groups in total. The Bertz CT molecular complexity index is 633. The lowest BCUT2D eigenvalue weighted by Crippen LogP contribution is -2.18. The van der Waals surface area contributed by atoms with Crippen LogP contribution in [-0.4, -0.2) is 17.1 Å². The summed E-state index contributed by atoms with van der Waals surface area (Å²) >= 11 is 1.59. The SMILES string of the molecule is COc1ccc(Sc2nc(C(C)(C)C)nc(N)c2C)cc1. The maximum Gasteiger partial charge on any atom is 0.137 e.